The second kappa shape index (κ2) is 6.93. The fourth-order valence-electron chi connectivity index (χ4n) is 3.37. The molecule has 126 valence electrons. The Labute approximate surface area is 147 Å². The van der Waals surface area contributed by atoms with Crippen molar-refractivity contribution in [2.45, 2.75) is 25.3 Å². The predicted octanol–water partition coefficient (Wildman–Crippen LogP) is 4.24. The highest BCUT2D eigenvalue weighted by Crippen LogP contribution is 2.33. The first-order chi connectivity index (χ1) is 12.3. The van der Waals surface area contributed by atoms with Crippen LogP contribution < -0.4 is 0 Å². The summed E-state index contributed by atoms with van der Waals surface area (Å²) in [6, 6.07) is 19.5. The summed E-state index contributed by atoms with van der Waals surface area (Å²) in [5.41, 5.74) is 1.90. The van der Waals surface area contributed by atoms with E-state index in [0.717, 1.165) is 25.1 Å². The van der Waals surface area contributed by atoms with Crippen LogP contribution >= 0.6 is 0 Å². The van der Waals surface area contributed by atoms with Gasteiger partial charge in [0.25, 0.3) is 5.91 Å². The van der Waals surface area contributed by atoms with Crippen LogP contribution in [-0.2, 0) is 6.42 Å². The second-order valence-corrected chi connectivity index (χ2v) is 6.35. The van der Waals surface area contributed by atoms with Crippen LogP contribution in [0.3, 0.4) is 0 Å². The van der Waals surface area contributed by atoms with Gasteiger partial charge in [-0.3, -0.25) is 4.79 Å². The molecule has 0 unspecified atom stereocenters. The molecule has 2 aromatic carbocycles. The van der Waals surface area contributed by atoms with Gasteiger partial charge in [-0.15, -0.1) is 0 Å². The van der Waals surface area contributed by atoms with Gasteiger partial charge in [0.2, 0.25) is 5.89 Å². The monoisotopic (exact) mass is 332 g/mol. The summed E-state index contributed by atoms with van der Waals surface area (Å²) in [7, 11) is 0. The van der Waals surface area contributed by atoms with Crippen molar-refractivity contribution in [2.24, 2.45) is 0 Å². The minimum absolute atomic E-state index is 0.0471. The fourth-order valence-corrected chi connectivity index (χ4v) is 3.37. The van der Waals surface area contributed by atoms with E-state index in [9.17, 15) is 4.79 Å². The number of hydrogen-bond donors (Lipinski definition) is 0. The molecular weight excluding hydrogens is 312 g/mol. The largest absolute Gasteiger partial charge is 0.443 e. The summed E-state index contributed by atoms with van der Waals surface area (Å²) >= 11 is 0. The third kappa shape index (κ3) is 3.33. The molecule has 0 spiro atoms. The zero-order chi connectivity index (χ0) is 17.1. The van der Waals surface area contributed by atoms with Crippen LogP contribution in [-0.4, -0.2) is 22.3 Å². The van der Waals surface area contributed by atoms with Crippen LogP contribution in [0.25, 0.3) is 0 Å². The molecule has 0 bridgehead atoms. The summed E-state index contributed by atoms with van der Waals surface area (Å²) in [5, 5.41) is 0. The van der Waals surface area contributed by atoms with E-state index in [1.54, 1.807) is 6.20 Å². The molecule has 4 heteroatoms. The van der Waals surface area contributed by atoms with Crippen molar-refractivity contribution in [1.29, 1.82) is 0 Å². The number of benzene rings is 2. The molecule has 0 N–H and O–H groups in total. The van der Waals surface area contributed by atoms with Gasteiger partial charge < -0.3 is 9.32 Å². The number of likely N-dealkylation sites (tertiary alicyclic amines) is 1. The van der Waals surface area contributed by atoms with Crippen molar-refractivity contribution in [3.05, 3.63) is 89.6 Å². The van der Waals surface area contributed by atoms with Gasteiger partial charge in [-0.05, 0) is 30.5 Å². The second-order valence-electron chi connectivity index (χ2n) is 6.35. The first-order valence-electron chi connectivity index (χ1n) is 8.66. The highest BCUT2D eigenvalue weighted by molar-refractivity contribution is 5.94. The quantitative estimate of drug-likeness (QED) is 0.718. The molecule has 4 rings (SSSR count). The standard InChI is InChI=1S/C21H20N2O2/c24-21(17-10-5-2-6-11-17)23-13-7-12-19(23)20-22-15-18(25-20)14-16-8-3-1-4-9-16/h1-6,8-11,15,19H,7,12-14H2/t19-/m1/s1. The summed E-state index contributed by atoms with van der Waals surface area (Å²) in [6.07, 6.45) is 4.36. The lowest BCUT2D eigenvalue weighted by Crippen LogP contribution is -2.30. The molecule has 1 fully saturated rings. The van der Waals surface area contributed by atoms with Crippen molar-refractivity contribution in [3.8, 4) is 0 Å². The molecular formula is C21H20N2O2. The Morgan fingerprint density at radius 1 is 1.08 bits per heavy atom. The Kier molecular flexibility index (Phi) is 4.34. The minimum atomic E-state index is -0.0720. The lowest BCUT2D eigenvalue weighted by molar-refractivity contribution is 0.0714. The van der Waals surface area contributed by atoms with Crippen LogP contribution in [0, 0.1) is 0 Å². The molecule has 1 atom stereocenters. The van der Waals surface area contributed by atoms with Crippen LogP contribution in [0.2, 0.25) is 0 Å². The Morgan fingerprint density at radius 3 is 2.56 bits per heavy atom. The number of carbonyl (C=O) groups is 1. The normalized spacial score (nSPS) is 17.0. The lowest BCUT2D eigenvalue weighted by Gasteiger charge is -2.22. The van der Waals surface area contributed by atoms with Crippen molar-refractivity contribution >= 4 is 5.91 Å². The Bertz CT molecular complexity index is 843. The van der Waals surface area contributed by atoms with E-state index in [1.165, 1.54) is 5.56 Å². The molecule has 4 nitrogen and oxygen atoms in total. The molecule has 3 aromatic rings. The van der Waals surface area contributed by atoms with E-state index in [1.807, 2.05) is 53.4 Å². The molecule has 0 aliphatic carbocycles. The predicted molar refractivity (Wildman–Crippen MR) is 95.2 cm³/mol. The maximum atomic E-state index is 12.8. The SMILES string of the molecule is O=C(c1ccccc1)N1CCC[C@@H]1c1ncc(Cc2ccccc2)o1. The number of oxazole rings is 1. The molecule has 1 amide bonds. The third-order valence-corrected chi connectivity index (χ3v) is 4.61. The van der Waals surface area contributed by atoms with Gasteiger partial charge in [-0.1, -0.05) is 48.5 Å². The fraction of sp³-hybridized carbons (Fsp3) is 0.238. The first kappa shape index (κ1) is 15.6. The smallest absolute Gasteiger partial charge is 0.254 e. The maximum absolute atomic E-state index is 12.8. The van der Waals surface area contributed by atoms with Crippen molar-refractivity contribution in [1.82, 2.24) is 9.88 Å². The van der Waals surface area contributed by atoms with Crippen LogP contribution in [0.1, 0.15) is 46.5 Å². The zero-order valence-electron chi connectivity index (χ0n) is 14.0. The van der Waals surface area contributed by atoms with Crippen molar-refractivity contribution in [2.75, 3.05) is 6.54 Å². The number of carbonyl (C=O) groups excluding carboxylic acids is 1. The Hall–Kier alpha value is -2.88. The van der Waals surface area contributed by atoms with E-state index in [2.05, 4.69) is 17.1 Å². The minimum Gasteiger partial charge on any atom is -0.443 e. The van der Waals surface area contributed by atoms with E-state index < -0.39 is 0 Å². The molecule has 2 heterocycles. The van der Waals surface area contributed by atoms with Gasteiger partial charge in [0.1, 0.15) is 11.8 Å². The molecule has 0 saturated carbocycles. The van der Waals surface area contributed by atoms with E-state index in [0.29, 0.717) is 17.9 Å². The molecule has 1 aliphatic rings. The summed E-state index contributed by atoms with van der Waals surface area (Å²) in [4.78, 5) is 19.1. The number of rotatable bonds is 4. The third-order valence-electron chi connectivity index (χ3n) is 4.61. The summed E-state index contributed by atoms with van der Waals surface area (Å²) < 4.78 is 5.98. The topological polar surface area (TPSA) is 46.3 Å². The van der Waals surface area contributed by atoms with Crippen molar-refractivity contribution in [3.63, 3.8) is 0 Å². The average molecular weight is 332 g/mol. The van der Waals surface area contributed by atoms with E-state index in [-0.39, 0.29) is 11.9 Å². The van der Waals surface area contributed by atoms with Crippen LogP contribution in [0.15, 0.2) is 71.3 Å². The van der Waals surface area contributed by atoms with Crippen molar-refractivity contribution < 1.29 is 9.21 Å². The highest BCUT2D eigenvalue weighted by Gasteiger charge is 2.33. The van der Waals surface area contributed by atoms with E-state index in [4.69, 9.17) is 4.42 Å². The number of hydrogen-bond acceptors (Lipinski definition) is 3. The van der Waals surface area contributed by atoms with Gasteiger partial charge in [-0.2, -0.15) is 0 Å². The average Bonchev–Trinajstić information content (AvgIpc) is 3.32. The summed E-state index contributed by atoms with van der Waals surface area (Å²) in [6.45, 7) is 0.745. The number of nitrogens with zero attached hydrogens (tertiary/aromatic N) is 2. The number of aromatic nitrogens is 1. The van der Waals surface area contributed by atoms with Gasteiger partial charge in [0, 0.05) is 18.5 Å². The lowest BCUT2D eigenvalue weighted by atomic mass is 10.1. The molecule has 0 radical (unpaired) electrons. The molecule has 1 aromatic heterocycles. The highest BCUT2D eigenvalue weighted by atomic mass is 16.4. The van der Waals surface area contributed by atoms with Gasteiger partial charge in [0.15, 0.2) is 0 Å². The molecule has 25 heavy (non-hydrogen) atoms. The van der Waals surface area contributed by atoms with Gasteiger partial charge in [0.05, 0.1) is 6.20 Å². The van der Waals surface area contributed by atoms with Gasteiger partial charge >= 0.3 is 0 Å². The molecule has 1 aliphatic heterocycles. The van der Waals surface area contributed by atoms with Crippen LogP contribution in [0.4, 0.5) is 0 Å². The maximum Gasteiger partial charge on any atom is 0.254 e. The summed E-state index contributed by atoms with van der Waals surface area (Å²) in [5.74, 6) is 1.53. The zero-order valence-corrected chi connectivity index (χ0v) is 14.0. The Morgan fingerprint density at radius 2 is 1.80 bits per heavy atom. The Balaban J connectivity index is 1.52. The van der Waals surface area contributed by atoms with Gasteiger partial charge in [-0.25, -0.2) is 4.98 Å². The first-order valence-corrected chi connectivity index (χ1v) is 8.66. The molecule has 1 saturated heterocycles. The van der Waals surface area contributed by atoms with E-state index >= 15 is 0 Å². The number of amides is 1. The van der Waals surface area contributed by atoms with Crippen LogP contribution in [0.5, 0.6) is 0 Å².